The molecular weight excluding hydrogens is 274 g/mol. The average Bonchev–Trinajstić information content (AvgIpc) is 2.93. The molecule has 0 atom stereocenters. The van der Waals surface area contributed by atoms with Crippen LogP contribution < -0.4 is 10.3 Å². The highest BCUT2D eigenvalue weighted by Crippen LogP contribution is 2.16. The summed E-state index contributed by atoms with van der Waals surface area (Å²) in [5.41, 5.74) is 2.18. The van der Waals surface area contributed by atoms with E-state index >= 15 is 0 Å². The Morgan fingerprint density at radius 1 is 1.35 bits per heavy atom. The van der Waals surface area contributed by atoms with Gasteiger partial charge in [-0.25, -0.2) is 0 Å². The summed E-state index contributed by atoms with van der Waals surface area (Å²) in [6.45, 7) is 0.571. The lowest BCUT2D eigenvalue weighted by Crippen LogP contribution is -2.14. The summed E-state index contributed by atoms with van der Waals surface area (Å²) in [5.74, 6) is 0.795. The number of nitrogens with zero attached hydrogens (tertiary/aromatic N) is 1. The second-order valence-electron chi connectivity index (χ2n) is 4.43. The molecule has 20 heavy (non-hydrogen) atoms. The predicted octanol–water partition coefficient (Wildman–Crippen LogP) is 2.44. The molecule has 2 aromatic heterocycles. The molecule has 0 saturated heterocycles. The van der Waals surface area contributed by atoms with Crippen molar-refractivity contribution in [3.05, 3.63) is 57.2 Å². The lowest BCUT2D eigenvalue weighted by atomic mass is 10.2. The van der Waals surface area contributed by atoms with Gasteiger partial charge in [-0.1, -0.05) is 12.1 Å². The van der Waals surface area contributed by atoms with Crippen LogP contribution in [-0.4, -0.2) is 21.6 Å². The van der Waals surface area contributed by atoms with Crippen molar-refractivity contribution >= 4 is 23.3 Å². The number of hydrogen-bond acceptors (Lipinski definition) is 3. The molecule has 0 radical (unpaired) electrons. The van der Waals surface area contributed by atoms with Gasteiger partial charge in [-0.3, -0.25) is 9.78 Å². The first kappa shape index (κ1) is 12.7. The minimum absolute atomic E-state index is 0.197. The van der Waals surface area contributed by atoms with E-state index in [4.69, 9.17) is 17.0 Å². The van der Waals surface area contributed by atoms with Gasteiger partial charge in [0.05, 0.1) is 19.2 Å². The molecule has 0 spiro atoms. The standard InChI is InChI=1S/C14H13N3O2S/c1-19-10-4-2-3-9(7-10)8-17-11-5-6-15-12(11)13(18)16-14(17)20/h2-7,15H,8H2,1H3,(H,16,18,20). The number of ether oxygens (including phenoxy) is 1. The lowest BCUT2D eigenvalue weighted by molar-refractivity contribution is 0.414. The van der Waals surface area contributed by atoms with E-state index in [0.29, 0.717) is 16.8 Å². The minimum Gasteiger partial charge on any atom is -0.497 e. The third-order valence-electron chi connectivity index (χ3n) is 3.18. The Balaban J connectivity index is 2.13. The Kier molecular flexibility index (Phi) is 3.15. The topological polar surface area (TPSA) is 62.8 Å². The van der Waals surface area contributed by atoms with Gasteiger partial charge in [0.1, 0.15) is 11.3 Å². The van der Waals surface area contributed by atoms with Crippen molar-refractivity contribution in [2.75, 3.05) is 7.11 Å². The van der Waals surface area contributed by atoms with Crippen LogP contribution in [0.2, 0.25) is 0 Å². The summed E-state index contributed by atoms with van der Waals surface area (Å²) in [4.78, 5) is 17.4. The third kappa shape index (κ3) is 2.14. The van der Waals surface area contributed by atoms with Crippen LogP contribution in [0.1, 0.15) is 5.56 Å². The highest BCUT2D eigenvalue weighted by atomic mass is 32.1. The first-order valence-electron chi connectivity index (χ1n) is 6.12. The van der Waals surface area contributed by atoms with Gasteiger partial charge < -0.3 is 14.3 Å². The zero-order valence-electron chi connectivity index (χ0n) is 10.8. The Hall–Kier alpha value is -2.34. The number of hydrogen-bond donors (Lipinski definition) is 2. The molecule has 0 amide bonds. The zero-order chi connectivity index (χ0) is 14.1. The predicted molar refractivity (Wildman–Crippen MR) is 79.8 cm³/mol. The summed E-state index contributed by atoms with van der Waals surface area (Å²) < 4.78 is 7.51. The number of H-pyrrole nitrogens is 2. The molecule has 0 bridgehead atoms. The van der Waals surface area contributed by atoms with Gasteiger partial charge in [0.2, 0.25) is 0 Å². The molecule has 1 aromatic carbocycles. The van der Waals surface area contributed by atoms with Crippen molar-refractivity contribution in [2.24, 2.45) is 0 Å². The van der Waals surface area contributed by atoms with Crippen LogP contribution in [-0.2, 0) is 6.54 Å². The molecule has 6 heteroatoms. The Morgan fingerprint density at radius 2 is 2.20 bits per heavy atom. The lowest BCUT2D eigenvalue weighted by Gasteiger charge is -2.09. The van der Waals surface area contributed by atoms with Crippen LogP contribution in [0.3, 0.4) is 0 Å². The maximum atomic E-state index is 11.8. The SMILES string of the molecule is COc1cccc(Cn2c(=S)[nH]c(=O)c3[nH]ccc32)c1. The van der Waals surface area contributed by atoms with E-state index in [9.17, 15) is 4.79 Å². The Bertz CT molecular complexity index is 876. The minimum atomic E-state index is -0.197. The van der Waals surface area contributed by atoms with Crippen molar-refractivity contribution in [2.45, 2.75) is 6.54 Å². The molecule has 0 aliphatic heterocycles. The zero-order valence-corrected chi connectivity index (χ0v) is 11.7. The van der Waals surface area contributed by atoms with E-state index in [1.165, 1.54) is 0 Å². The molecular formula is C14H13N3O2S. The highest BCUT2D eigenvalue weighted by Gasteiger charge is 2.07. The summed E-state index contributed by atoms with van der Waals surface area (Å²) >= 11 is 5.26. The van der Waals surface area contributed by atoms with E-state index in [2.05, 4.69) is 9.97 Å². The van der Waals surface area contributed by atoms with Gasteiger partial charge in [0.15, 0.2) is 4.77 Å². The number of methoxy groups -OCH3 is 1. The maximum absolute atomic E-state index is 11.8. The van der Waals surface area contributed by atoms with Crippen LogP contribution in [0.15, 0.2) is 41.3 Å². The van der Waals surface area contributed by atoms with Gasteiger partial charge in [-0.15, -0.1) is 0 Å². The fraction of sp³-hybridized carbons (Fsp3) is 0.143. The molecule has 102 valence electrons. The van der Waals surface area contributed by atoms with Gasteiger partial charge in [-0.2, -0.15) is 0 Å². The quantitative estimate of drug-likeness (QED) is 0.727. The van der Waals surface area contributed by atoms with Crippen LogP contribution in [0.25, 0.3) is 11.0 Å². The largest absolute Gasteiger partial charge is 0.497 e. The molecule has 2 N–H and O–H groups in total. The molecule has 0 aliphatic rings. The van der Waals surface area contributed by atoms with Gasteiger partial charge >= 0.3 is 0 Å². The smallest absolute Gasteiger partial charge is 0.276 e. The van der Waals surface area contributed by atoms with Gasteiger partial charge in [0, 0.05) is 6.20 Å². The van der Waals surface area contributed by atoms with E-state index in [1.54, 1.807) is 13.3 Å². The molecule has 0 aliphatic carbocycles. The number of benzene rings is 1. The van der Waals surface area contributed by atoms with Crippen LogP contribution >= 0.6 is 12.2 Å². The second kappa shape index (κ2) is 4.97. The van der Waals surface area contributed by atoms with Crippen molar-refractivity contribution < 1.29 is 4.74 Å². The van der Waals surface area contributed by atoms with Crippen molar-refractivity contribution in [1.82, 2.24) is 14.5 Å². The molecule has 0 fully saturated rings. The summed E-state index contributed by atoms with van der Waals surface area (Å²) in [6.07, 6.45) is 1.73. The third-order valence-corrected chi connectivity index (χ3v) is 3.51. The number of aromatic nitrogens is 3. The molecule has 0 saturated carbocycles. The van der Waals surface area contributed by atoms with E-state index in [0.717, 1.165) is 16.8 Å². The fourth-order valence-corrected chi connectivity index (χ4v) is 2.47. The van der Waals surface area contributed by atoms with E-state index < -0.39 is 0 Å². The van der Waals surface area contributed by atoms with Crippen LogP contribution in [0.5, 0.6) is 5.75 Å². The average molecular weight is 287 g/mol. The Morgan fingerprint density at radius 3 is 3.00 bits per heavy atom. The summed E-state index contributed by atoms with van der Waals surface area (Å²) in [6, 6.07) is 9.61. The summed E-state index contributed by atoms with van der Waals surface area (Å²) in [7, 11) is 1.63. The molecule has 0 unspecified atom stereocenters. The van der Waals surface area contributed by atoms with Crippen molar-refractivity contribution in [1.29, 1.82) is 0 Å². The van der Waals surface area contributed by atoms with E-state index in [1.807, 2.05) is 34.9 Å². The molecule has 2 heterocycles. The maximum Gasteiger partial charge on any atom is 0.276 e. The fourth-order valence-electron chi connectivity index (χ4n) is 2.21. The van der Waals surface area contributed by atoms with Crippen molar-refractivity contribution in [3.8, 4) is 5.75 Å². The normalized spacial score (nSPS) is 10.8. The first-order valence-corrected chi connectivity index (χ1v) is 6.53. The number of aromatic amines is 2. The second-order valence-corrected chi connectivity index (χ2v) is 4.82. The highest BCUT2D eigenvalue weighted by molar-refractivity contribution is 7.71. The van der Waals surface area contributed by atoms with Crippen LogP contribution in [0.4, 0.5) is 0 Å². The molecule has 3 aromatic rings. The van der Waals surface area contributed by atoms with Crippen LogP contribution in [0, 0.1) is 4.77 Å². The van der Waals surface area contributed by atoms with Crippen molar-refractivity contribution in [3.63, 3.8) is 0 Å². The Labute approximate surface area is 119 Å². The first-order chi connectivity index (χ1) is 9.69. The van der Waals surface area contributed by atoms with E-state index in [-0.39, 0.29) is 5.56 Å². The van der Waals surface area contributed by atoms with Gasteiger partial charge in [-0.05, 0) is 36.0 Å². The monoisotopic (exact) mass is 287 g/mol. The number of fused-ring (bicyclic) bond motifs is 1. The number of nitrogens with one attached hydrogen (secondary N) is 2. The number of rotatable bonds is 3. The van der Waals surface area contributed by atoms with Gasteiger partial charge in [0.25, 0.3) is 5.56 Å². The molecule has 5 nitrogen and oxygen atoms in total. The molecule has 3 rings (SSSR count). The summed E-state index contributed by atoms with van der Waals surface area (Å²) in [5, 5.41) is 0.